The third-order valence-electron chi connectivity index (χ3n) is 4.16. The van der Waals surface area contributed by atoms with E-state index >= 15 is 0 Å². The van der Waals surface area contributed by atoms with Gasteiger partial charge in [-0.2, -0.15) is 5.10 Å². The van der Waals surface area contributed by atoms with Gasteiger partial charge in [0.1, 0.15) is 5.75 Å². The first-order chi connectivity index (χ1) is 14.0. The first-order valence-corrected chi connectivity index (χ1v) is 9.42. The molecule has 0 unspecified atom stereocenters. The highest BCUT2D eigenvalue weighted by atomic mass is 35.5. The molecule has 0 aliphatic rings. The molecule has 0 aliphatic heterocycles. The fourth-order valence-electron chi connectivity index (χ4n) is 2.85. The highest BCUT2D eigenvalue weighted by Gasteiger charge is 2.25. The van der Waals surface area contributed by atoms with Crippen molar-refractivity contribution >= 4 is 29.2 Å². The summed E-state index contributed by atoms with van der Waals surface area (Å²) in [5.41, 5.74) is 1.25. The summed E-state index contributed by atoms with van der Waals surface area (Å²) in [5.74, 6) is -0.730. The Balaban J connectivity index is 2.12. The van der Waals surface area contributed by atoms with Crippen LogP contribution in [0.1, 0.15) is 22.5 Å². The SMILES string of the molecule is O=C(O)c1nn(-c2ccc(Cl)cc2Cl)c(-c2ccc(OCCCF)cc2)c1CO. The Hall–Kier alpha value is -2.61. The molecule has 0 saturated carbocycles. The van der Waals surface area contributed by atoms with Crippen molar-refractivity contribution in [3.05, 3.63) is 63.8 Å². The molecular weight excluding hydrogens is 422 g/mol. The predicted molar refractivity (Wildman–Crippen MR) is 108 cm³/mol. The lowest BCUT2D eigenvalue weighted by atomic mass is 10.1. The number of ether oxygens (including phenoxy) is 1. The summed E-state index contributed by atoms with van der Waals surface area (Å²) in [6.07, 6.45) is 0.292. The lowest BCUT2D eigenvalue weighted by Crippen LogP contribution is -2.03. The zero-order chi connectivity index (χ0) is 21.0. The van der Waals surface area contributed by atoms with Gasteiger partial charge in [0.2, 0.25) is 0 Å². The number of benzene rings is 2. The molecule has 152 valence electrons. The molecule has 0 amide bonds. The van der Waals surface area contributed by atoms with Crippen molar-refractivity contribution in [2.45, 2.75) is 13.0 Å². The number of carboxylic acids is 1. The van der Waals surface area contributed by atoms with Crippen molar-refractivity contribution in [1.82, 2.24) is 9.78 Å². The number of halogens is 3. The van der Waals surface area contributed by atoms with Crippen molar-refractivity contribution < 1.29 is 24.1 Å². The predicted octanol–water partition coefficient (Wildman–Crippen LogP) is 4.78. The van der Waals surface area contributed by atoms with E-state index in [0.29, 0.717) is 34.1 Å². The molecular formula is C20H17Cl2FN2O4. The van der Waals surface area contributed by atoms with Crippen LogP contribution in [0.3, 0.4) is 0 Å². The third kappa shape index (κ3) is 4.53. The van der Waals surface area contributed by atoms with Crippen LogP contribution in [-0.4, -0.2) is 39.2 Å². The van der Waals surface area contributed by atoms with E-state index in [-0.39, 0.29) is 22.9 Å². The largest absolute Gasteiger partial charge is 0.493 e. The molecule has 0 radical (unpaired) electrons. The Bertz CT molecular complexity index is 1020. The number of aromatic carboxylic acids is 1. The molecule has 0 spiro atoms. The standard InChI is InChI=1S/C20H17Cl2FN2O4/c21-13-4-7-17(16(22)10-13)25-19(15(11-26)18(24-25)20(27)28)12-2-5-14(6-3-12)29-9-1-8-23/h2-7,10,26H,1,8-9,11H2,(H,27,28). The lowest BCUT2D eigenvalue weighted by molar-refractivity contribution is 0.0686. The van der Waals surface area contributed by atoms with Gasteiger partial charge in [0.25, 0.3) is 0 Å². The van der Waals surface area contributed by atoms with Gasteiger partial charge in [-0.05, 0) is 42.5 Å². The Kier molecular flexibility index (Phi) is 6.74. The summed E-state index contributed by atoms with van der Waals surface area (Å²) in [6.45, 7) is -0.743. The van der Waals surface area contributed by atoms with Crippen LogP contribution in [0, 0.1) is 0 Å². The topological polar surface area (TPSA) is 84.6 Å². The number of nitrogens with zero attached hydrogens (tertiary/aromatic N) is 2. The number of aliphatic hydroxyl groups is 1. The van der Waals surface area contributed by atoms with Crippen LogP contribution in [0.4, 0.5) is 4.39 Å². The van der Waals surface area contributed by atoms with Crippen LogP contribution >= 0.6 is 23.2 Å². The van der Waals surface area contributed by atoms with E-state index < -0.39 is 19.3 Å². The second kappa shape index (κ2) is 9.26. The fraction of sp³-hybridized carbons (Fsp3) is 0.200. The molecule has 1 aromatic heterocycles. The molecule has 0 atom stereocenters. The molecule has 6 nitrogen and oxygen atoms in total. The zero-order valence-electron chi connectivity index (χ0n) is 15.1. The lowest BCUT2D eigenvalue weighted by Gasteiger charge is -2.12. The first kappa shape index (κ1) is 21.1. The molecule has 0 bridgehead atoms. The van der Waals surface area contributed by atoms with Crippen LogP contribution in [-0.2, 0) is 6.61 Å². The number of aromatic nitrogens is 2. The van der Waals surface area contributed by atoms with E-state index in [1.54, 1.807) is 36.4 Å². The van der Waals surface area contributed by atoms with Crippen LogP contribution in [0.5, 0.6) is 5.75 Å². The quantitative estimate of drug-likeness (QED) is 0.494. The molecule has 1 heterocycles. The maximum absolute atomic E-state index is 12.2. The number of hydrogen-bond donors (Lipinski definition) is 2. The minimum absolute atomic E-state index is 0.148. The first-order valence-electron chi connectivity index (χ1n) is 8.67. The van der Waals surface area contributed by atoms with Gasteiger partial charge in [-0.3, -0.25) is 4.39 Å². The van der Waals surface area contributed by atoms with Gasteiger partial charge in [-0.25, -0.2) is 9.48 Å². The normalized spacial score (nSPS) is 10.9. The average Bonchev–Trinajstić information content (AvgIpc) is 3.08. The maximum Gasteiger partial charge on any atom is 0.356 e. The Morgan fingerprint density at radius 2 is 1.90 bits per heavy atom. The Labute approximate surface area is 176 Å². The summed E-state index contributed by atoms with van der Waals surface area (Å²) in [5, 5.41) is 24.2. The number of rotatable bonds is 8. The van der Waals surface area contributed by atoms with E-state index in [1.165, 1.54) is 10.7 Å². The van der Waals surface area contributed by atoms with Crippen LogP contribution in [0.2, 0.25) is 10.0 Å². The summed E-state index contributed by atoms with van der Waals surface area (Å²) >= 11 is 12.3. The summed E-state index contributed by atoms with van der Waals surface area (Å²) in [4.78, 5) is 11.7. The minimum Gasteiger partial charge on any atom is -0.493 e. The summed E-state index contributed by atoms with van der Waals surface area (Å²) < 4.78 is 19.0. The van der Waals surface area contributed by atoms with Crippen molar-refractivity contribution in [3.63, 3.8) is 0 Å². The highest BCUT2D eigenvalue weighted by molar-refractivity contribution is 6.35. The molecule has 2 N–H and O–H groups in total. The molecule has 3 rings (SSSR count). The van der Waals surface area contributed by atoms with E-state index in [9.17, 15) is 19.4 Å². The molecule has 2 aromatic carbocycles. The number of carbonyl (C=O) groups is 1. The van der Waals surface area contributed by atoms with E-state index in [0.717, 1.165) is 0 Å². The van der Waals surface area contributed by atoms with Gasteiger partial charge in [-0.1, -0.05) is 23.2 Å². The second-order valence-electron chi connectivity index (χ2n) is 6.06. The molecule has 0 aliphatic carbocycles. The van der Waals surface area contributed by atoms with E-state index in [4.69, 9.17) is 27.9 Å². The summed E-state index contributed by atoms with van der Waals surface area (Å²) in [7, 11) is 0. The van der Waals surface area contributed by atoms with Gasteiger partial charge < -0.3 is 14.9 Å². The zero-order valence-corrected chi connectivity index (χ0v) is 16.6. The number of aliphatic hydroxyl groups excluding tert-OH is 1. The molecule has 3 aromatic rings. The van der Waals surface area contributed by atoms with Crippen molar-refractivity contribution in [1.29, 1.82) is 0 Å². The fourth-order valence-corrected chi connectivity index (χ4v) is 3.34. The third-order valence-corrected chi connectivity index (χ3v) is 4.69. The van der Waals surface area contributed by atoms with Gasteiger partial charge in [0.15, 0.2) is 5.69 Å². The number of carboxylic acid groups (broad SMARTS) is 1. The molecule has 9 heteroatoms. The average molecular weight is 439 g/mol. The highest BCUT2D eigenvalue weighted by Crippen LogP contribution is 2.34. The Morgan fingerprint density at radius 1 is 1.17 bits per heavy atom. The summed E-state index contributed by atoms with van der Waals surface area (Å²) in [6, 6.07) is 11.5. The van der Waals surface area contributed by atoms with Crippen molar-refractivity contribution in [2.24, 2.45) is 0 Å². The molecule has 0 fully saturated rings. The van der Waals surface area contributed by atoms with Gasteiger partial charge >= 0.3 is 5.97 Å². The van der Waals surface area contributed by atoms with Gasteiger partial charge in [0.05, 0.1) is 36.3 Å². The van der Waals surface area contributed by atoms with E-state index in [1.807, 2.05) is 0 Å². The van der Waals surface area contributed by atoms with Crippen LogP contribution in [0.25, 0.3) is 16.9 Å². The number of hydrogen-bond acceptors (Lipinski definition) is 4. The van der Waals surface area contributed by atoms with Crippen molar-refractivity contribution in [3.8, 4) is 22.7 Å². The smallest absolute Gasteiger partial charge is 0.356 e. The number of alkyl halides is 1. The van der Waals surface area contributed by atoms with Gasteiger partial charge in [-0.15, -0.1) is 0 Å². The van der Waals surface area contributed by atoms with Gasteiger partial charge in [0, 0.05) is 22.6 Å². The second-order valence-corrected chi connectivity index (χ2v) is 6.91. The minimum atomic E-state index is -1.27. The maximum atomic E-state index is 12.2. The Morgan fingerprint density at radius 3 is 2.48 bits per heavy atom. The molecule has 0 saturated heterocycles. The monoisotopic (exact) mass is 438 g/mol. The van der Waals surface area contributed by atoms with Crippen LogP contribution in [0.15, 0.2) is 42.5 Å². The molecule has 29 heavy (non-hydrogen) atoms. The van der Waals surface area contributed by atoms with E-state index in [2.05, 4.69) is 5.10 Å². The van der Waals surface area contributed by atoms with Crippen LogP contribution < -0.4 is 4.74 Å². The van der Waals surface area contributed by atoms with Crippen molar-refractivity contribution in [2.75, 3.05) is 13.3 Å².